The van der Waals surface area contributed by atoms with Gasteiger partial charge in [0, 0.05) is 42.3 Å². The lowest BCUT2D eigenvalue weighted by Crippen LogP contribution is -2.55. The molecular weight excluding hydrogens is 263 g/mol. The minimum absolute atomic E-state index is 0.187. The zero-order valence-corrected chi connectivity index (χ0v) is 12.0. The van der Waals surface area contributed by atoms with Crippen LogP contribution in [0.3, 0.4) is 0 Å². The third-order valence-corrected chi connectivity index (χ3v) is 4.44. The number of hydrogen-bond acceptors (Lipinski definition) is 2. The molecule has 104 valence electrons. The normalized spacial score (nSPS) is 28.6. The molecule has 1 saturated carbocycles. The average molecular weight is 283 g/mol. The van der Waals surface area contributed by atoms with E-state index in [0.29, 0.717) is 23.7 Å². The molecule has 0 amide bonds. The summed E-state index contributed by atoms with van der Waals surface area (Å²) in [5.41, 5.74) is 0.754. The van der Waals surface area contributed by atoms with Crippen molar-refractivity contribution in [1.29, 1.82) is 0 Å². The Morgan fingerprint density at radius 3 is 2.89 bits per heavy atom. The Hall–Kier alpha value is -0.640. The lowest BCUT2D eigenvalue weighted by molar-refractivity contribution is 0.111. The SMILES string of the molecule is CC1CN(Cc2ccc(Cl)cc2F)C(C2CC2)CN1. The Morgan fingerprint density at radius 1 is 1.42 bits per heavy atom. The van der Waals surface area contributed by atoms with E-state index < -0.39 is 0 Å². The number of halogens is 2. The molecule has 1 aliphatic heterocycles. The van der Waals surface area contributed by atoms with Gasteiger partial charge in [0.05, 0.1) is 0 Å². The van der Waals surface area contributed by atoms with Crippen LogP contribution in [-0.2, 0) is 6.54 Å². The van der Waals surface area contributed by atoms with Gasteiger partial charge in [0.15, 0.2) is 0 Å². The van der Waals surface area contributed by atoms with Crippen molar-refractivity contribution < 1.29 is 4.39 Å². The second kappa shape index (κ2) is 5.39. The van der Waals surface area contributed by atoms with Crippen molar-refractivity contribution in [3.8, 4) is 0 Å². The first-order chi connectivity index (χ1) is 9.13. The van der Waals surface area contributed by atoms with Crippen molar-refractivity contribution in [2.24, 2.45) is 5.92 Å². The Kier molecular flexibility index (Phi) is 3.79. The van der Waals surface area contributed by atoms with Crippen LogP contribution in [0.25, 0.3) is 0 Å². The van der Waals surface area contributed by atoms with Gasteiger partial charge in [-0.25, -0.2) is 4.39 Å². The largest absolute Gasteiger partial charge is 0.311 e. The minimum Gasteiger partial charge on any atom is -0.311 e. The highest BCUT2D eigenvalue weighted by Crippen LogP contribution is 2.37. The summed E-state index contributed by atoms with van der Waals surface area (Å²) in [4.78, 5) is 2.44. The van der Waals surface area contributed by atoms with E-state index in [0.717, 1.165) is 24.6 Å². The van der Waals surface area contributed by atoms with Crippen LogP contribution in [0.5, 0.6) is 0 Å². The first kappa shape index (κ1) is 13.3. The van der Waals surface area contributed by atoms with Crippen molar-refractivity contribution >= 4 is 11.6 Å². The van der Waals surface area contributed by atoms with Gasteiger partial charge in [-0.05, 0) is 37.8 Å². The molecule has 1 aromatic carbocycles. The number of hydrogen-bond donors (Lipinski definition) is 1. The van der Waals surface area contributed by atoms with Gasteiger partial charge < -0.3 is 5.32 Å². The van der Waals surface area contributed by atoms with Crippen molar-refractivity contribution in [1.82, 2.24) is 10.2 Å². The molecule has 2 atom stereocenters. The van der Waals surface area contributed by atoms with Crippen LogP contribution in [0.4, 0.5) is 4.39 Å². The Morgan fingerprint density at radius 2 is 2.21 bits per heavy atom. The van der Waals surface area contributed by atoms with Crippen LogP contribution in [0, 0.1) is 11.7 Å². The Bertz CT molecular complexity index is 461. The van der Waals surface area contributed by atoms with Gasteiger partial charge in [-0.1, -0.05) is 17.7 Å². The summed E-state index contributed by atoms with van der Waals surface area (Å²) in [5, 5.41) is 4.00. The molecule has 4 heteroatoms. The summed E-state index contributed by atoms with van der Waals surface area (Å²) in [6.45, 7) is 4.90. The molecule has 0 aromatic heterocycles. The van der Waals surface area contributed by atoms with Gasteiger partial charge in [-0.15, -0.1) is 0 Å². The fourth-order valence-corrected chi connectivity index (χ4v) is 3.16. The van der Waals surface area contributed by atoms with Gasteiger partial charge in [0.1, 0.15) is 5.82 Å². The van der Waals surface area contributed by atoms with Gasteiger partial charge in [-0.3, -0.25) is 4.90 Å². The highest BCUT2D eigenvalue weighted by molar-refractivity contribution is 6.30. The molecular formula is C15H20ClFN2. The number of benzene rings is 1. The van der Waals surface area contributed by atoms with Crippen LogP contribution in [0.1, 0.15) is 25.3 Å². The molecule has 0 radical (unpaired) electrons. The lowest BCUT2D eigenvalue weighted by Gasteiger charge is -2.39. The first-order valence-electron chi connectivity index (χ1n) is 7.05. The fraction of sp³-hybridized carbons (Fsp3) is 0.600. The highest BCUT2D eigenvalue weighted by atomic mass is 35.5. The maximum atomic E-state index is 13.9. The molecule has 2 unspecified atom stereocenters. The predicted molar refractivity (Wildman–Crippen MR) is 75.8 cm³/mol. The van der Waals surface area contributed by atoms with Crippen LogP contribution in [-0.4, -0.2) is 30.1 Å². The molecule has 1 heterocycles. The van der Waals surface area contributed by atoms with Crippen LogP contribution in [0.2, 0.25) is 5.02 Å². The molecule has 0 spiro atoms. The smallest absolute Gasteiger partial charge is 0.129 e. The van der Waals surface area contributed by atoms with E-state index in [9.17, 15) is 4.39 Å². The topological polar surface area (TPSA) is 15.3 Å². The van der Waals surface area contributed by atoms with Gasteiger partial charge in [0.25, 0.3) is 0 Å². The standard InChI is InChI=1S/C15H20ClFN2/c1-10-8-19(15(7-18-10)11-2-3-11)9-12-4-5-13(16)6-14(12)17/h4-6,10-11,15,18H,2-3,7-9H2,1H3. The third kappa shape index (κ3) is 3.10. The van der Waals surface area contributed by atoms with Crippen molar-refractivity contribution in [3.05, 3.63) is 34.6 Å². The van der Waals surface area contributed by atoms with E-state index in [2.05, 4.69) is 17.1 Å². The third-order valence-electron chi connectivity index (χ3n) is 4.21. The van der Waals surface area contributed by atoms with E-state index in [1.54, 1.807) is 6.07 Å². The summed E-state index contributed by atoms with van der Waals surface area (Å²) in [6.07, 6.45) is 2.64. The maximum Gasteiger partial charge on any atom is 0.129 e. The molecule has 3 rings (SSSR count). The number of rotatable bonds is 3. The van der Waals surface area contributed by atoms with Gasteiger partial charge >= 0.3 is 0 Å². The molecule has 1 N–H and O–H groups in total. The van der Waals surface area contributed by atoms with Crippen LogP contribution < -0.4 is 5.32 Å². The maximum absolute atomic E-state index is 13.9. The highest BCUT2D eigenvalue weighted by Gasteiger charge is 2.38. The lowest BCUT2D eigenvalue weighted by atomic mass is 10.0. The number of nitrogens with zero attached hydrogens (tertiary/aromatic N) is 1. The summed E-state index contributed by atoms with van der Waals surface area (Å²) in [7, 11) is 0. The number of nitrogens with one attached hydrogen (secondary N) is 1. The van der Waals surface area contributed by atoms with E-state index in [-0.39, 0.29) is 5.82 Å². The molecule has 2 fully saturated rings. The zero-order chi connectivity index (χ0) is 13.4. The van der Waals surface area contributed by atoms with Crippen molar-refractivity contribution in [3.63, 3.8) is 0 Å². The van der Waals surface area contributed by atoms with Crippen LogP contribution >= 0.6 is 11.6 Å². The zero-order valence-electron chi connectivity index (χ0n) is 11.2. The molecule has 1 saturated heterocycles. The Labute approximate surface area is 118 Å². The molecule has 0 bridgehead atoms. The molecule has 2 aliphatic rings. The van der Waals surface area contributed by atoms with E-state index in [4.69, 9.17) is 11.6 Å². The van der Waals surface area contributed by atoms with E-state index >= 15 is 0 Å². The molecule has 1 aliphatic carbocycles. The second-order valence-electron chi connectivity index (χ2n) is 5.88. The first-order valence-corrected chi connectivity index (χ1v) is 7.42. The molecule has 1 aromatic rings. The van der Waals surface area contributed by atoms with Crippen LogP contribution in [0.15, 0.2) is 18.2 Å². The summed E-state index contributed by atoms with van der Waals surface area (Å²) >= 11 is 5.81. The second-order valence-corrected chi connectivity index (χ2v) is 6.32. The predicted octanol–water partition coefficient (Wildman–Crippen LogP) is 3.05. The molecule has 2 nitrogen and oxygen atoms in total. The quantitative estimate of drug-likeness (QED) is 0.917. The summed E-state index contributed by atoms with van der Waals surface area (Å²) in [6, 6.07) is 6.04. The van der Waals surface area contributed by atoms with Gasteiger partial charge in [-0.2, -0.15) is 0 Å². The van der Waals surface area contributed by atoms with Crippen molar-refractivity contribution in [2.45, 2.75) is 38.4 Å². The summed E-state index contributed by atoms with van der Waals surface area (Å²) < 4.78 is 13.9. The minimum atomic E-state index is -0.187. The Balaban J connectivity index is 1.75. The average Bonchev–Trinajstić information content (AvgIpc) is 3.17. The van der Waals surface area contributed by atoms with Gasteiger partial charge in [0.2, 0.25) is 0 Å². The van der Waals surface area contributed by atoms with Crippen molar-refractivity contribution in [2.75, 3.05) is 13.1 Å². The monoisotopic (exact) mass is 282 g/mol. The van der Waals surface area contributed by atoms with E-state index in [1.165, 1.54) is 18.9 Å². The number of piperazine rings is 1. The fourth-order valence-electron chi connectivity index (χ4n) is 3.00. The van der Waals surface area contributed by atoms with E-state index in [1.807, 2.05) is 6.07 Å². The molecule has 19 heavy (non-hydrogen) atoms. The summed E-state index contributed by atoms with van der Waals surface area (Å²) in [5.74, 6) is 0.614.